The van der Waals surface area contributed by atoms with Gasteiger partial charge >= 0.3 is 0 Å². The molecule has 1 aromatic heterocycles. The number of allylic oxidation sites excluding steroid dienone is 5. The van der Waals surface area contributed by atoms with E-state index in [9.17, 15) is 28.3 Å². The average Bonchev–Trinajstić information content (AvgIpc) is 0.853. The van der Waals surface area contributed by atoms with Gasteiger partial charge in [0.25, 0.3) is 0 Å². The molecule has 1 aliphatic carbocycles. The molecule has 474 valence electrons. The topological polar surface area (TPSA) is 185 Å². The number of Topliss-reactive ketones (excluding diaryl/α,β-unsaturated/α-hetero) is 1. The summed E-state index contributed by atoms with van der Waals surface area (Å²) in [6.07, 6.45) is 3.11. The Bertz CT molecular complexity index is 4280. The van der Waals surface area contributed by atoms with Gasteiger partial charge < -0.3 is 53.7 Å². The fourth-order valence-corrected chi connectivity index (χ4v) is 15.7. The van der Waals surface area contributed by atoms with Crippen LogP contribution >= 0.6 is 7.14 Å². The highest BCUT2D eigenvalue weighted by Crippen LogP contribution is 2.62. The number of ketones is 1. The number of nitrogens with one attached hydrogen (secondary N) is 2. The molecule has 1 atom stereocenters. The number of carbonyl (C=O) groups is 3. The van der Waals surface area contributed by atoms with Gasteiger partial charge in [-0.3, -0.25) is 14.6 Å². The number of fused-ring (bicyclic) bond motifs is 4. The number of alkyl halides is 2. The number of hydrogen-bond acceptors (Lipinski definition) is 13. The van der Waals surface area contributed by atoms with Crippen LogP contribution in [0.25, 0.3) is 28.0 Å². The number of amides is 1. The third kappa shape index (κ3) is 12.4. The molecule has 0 saturated carbocycles. The molecule has 6 aliphatic rings. The predicted molar refractivity (Wildman–Crippen MR) is 341 cm³/mol. The maximum Gasteiger partial charge on any atom is 0.220 e. The van der Waals surface area contributed by atoms with Crippen molar-refractivity contribution in [3.8, 4) is 17.1 Å². The van der Waals surface area contributed by atoms with Crippen molar-refractivity contribution in [3.05, 3.63) is 189 Å². The van der Waals surface area contributed by atoms with Crippen LogP contribution in [0.15, 0.2) is 143 Å². The third-order valence-corrected chi connectivity index (χ3v) is 20.8. The molecule has 92 heavy (non-hydrogen) atoms. The molecule has 3 fully saturated rings. The number of carboxylic acid groups (broad SMARTS) is 1. The van der Waals surface area contributed by atoms with Gasteiger partial charge in [0.15, 0.2) is 37.6 Å². The number of hydrogen-bond donors (Lipinski definition) is 2. The fourth-order valence-electron chi connectivity index (χ4n) is 12.7. The smallest absolute Gasteiger partial charge is 0.220 e. The molecule has 22 heteroatoms. The molecule has 6 heterocycles. The number of halogens is 5. The molecular formula is C70H66F5N8O8P. The number of aromatic carboxylic acids is 1. The summed E-state index contributed by atoms with van der Waals surface area (Å²) >= 11 is 0. The van der Waals surface area contributed by atoms with Crippen molar-refractivity contribution >= 4 is 80.5 Å². The van der Waals surface area contributed by atoms with Gasteiger partial charge in [0, 0.05) is 120 Å². The zero-order valence-electron chi connectivity index (χ0n) is 50.5. The minimum Gasteiger partial charge on any atom is -0.545 e. The number of aromatic amines is 1. The summed E-state index contributed by atoms with van der Waals surface area (Å²) in [5.74, 6) is -7.84. The third-order valence-electron chi connectivity index (χ3n) is 17.7. The van der Waals surface area contributed by atoms with Gasteiger partial charge in [-0.05, 0) is 121 Å². The number of anilines is 2. The highest BCUT2D eigenvalue weighted by Gasteiger charge is 2.46. The lowest BCUT2D eigenvalue weighted by atomic mass is 9.84. The Hall–Kier alpha value is -8.88. The molecule has 0 spiro atoms. The van der Waals surface area contributed by atoms with Crippen molar-refractivity contribution in [1.82, 2.24) is 20.2 Å². The zero-order valence-corrected chi connectivity index (χ0v) is 51.4. The van der Waals surface area contributed by atoms with Crippen molar-refractivity contribution in [2.45, 2.75) is 44.4 Å². The average molecular weight is 1270 g/mol. The number of piperazine rings is 1. The molecule has 5 aliphatic heterocycles. The van der Waals surface area contributed by atoms with Crippen LogP contribution in [0.5, 0.6) is 5.75 Å². The fraction of sp³-hybridized carbons (Fsp3) is 0.314. The van der Waals surface area contributed by atoms with Gasteiger partial charge in [-0.15, -0.1) is 0 Å². The van der Waals surface area contributed by atoms with Crippen LogP contribution in [-0.2, 0) is 25.3 Å². The van der Waals surface area contributed by atoms with Crippen LogP contribution in [0.2, 0.25) is 0 Å². The minimum atomic E-state index is -4.05. The Labute approximate surface area is 527 Å². The Morgan fingerprint density at radius 1 is 0.750 bits per heavy atom. The number of H-pyrrole nitrogens is 1. The lowest BCUT2D eigenvalue weighted by Crippen LogP contribution is -2.48. The number of likely N-dealkylation sites (N-methyl/N-ethyl adjacent to an activating group) is 1. The maximum atomic E-state index is 17.5. The van der Waals surface area contributed by atoms with E-state index < -0.39 is 71.8 Å². The van der Waals surface area contributed by atoms with Crippen LogP contribution in [0.4, 0.5) is 39.0 Å². The molecule has 1 amide bonds. The van der Waals surface area contributed by atoms with E-state index in [2.05, 4.69) is 57.5 Å². The molecule has 16 nitrogen and oxygen atoms in total. The molecular weight excluding hydrogens is 1210 g/mol. The molecule has 2 N–H and O–H groups in total. The second kappa shape index (κ2) is 26.4. The summed E-state index contributed by atoms with van der Waals surface area (Å²) in [6.45, 7) is 5.07. The number of carbonyl (C=O) groups excluding carboxylic acids is 3. The van der Waals surface area contributed by atoms with E-state index in [0.29, 0.717) is 41.9 Å². The van der Waals surface area contributed by atoms with Crippen molar-refractivity contribution in [2.75, 3.05) is 109 Å². The lowest BCUT2D eigenvalue weighted by molar-refractivity contribution is -0.599. The number of benzene rings is 6. The van der Waals surface area contributed by atoms with E-state index in [4.69, 9.17) is 24.2 Å². The molecule has 0 radical (unpaired) electrons. The molecule has 1 unspecified atom stereocenters. The van der Waals surface area contributed by atoms with Gasteiger partial charge in [0.05, 0.1) is 73.5 Å². The molecule has 13 rings (SSSR count). The van der Waals surface area contributed by atoms with Crippen molar-refractivity contribution in [2.24, 2.45) is 4.99 Å². The first kappa shape index (κ1) is 62.0. The van der Waals surface area contributed by atoms with Crippen LogP contribution < -0.4 is 35.6 Å². The number of nitrogens with zero attached hydrogens (tertiary/aromatic N) is 6. The first-order valence-corrected chi connectivity index (χ1v) is 32.7. The van der Waals surface area contributed by atoms with Crippen molar-refractivity contribution in [3.63, 3.8) is 0 Å². The van der Waals surface area contributed by atoms with Crippen LogP contribution in [0, 0.1) is 17.5 Å². The van der Waals surface area contributed by atoms with Gasteiger partial charge in [-0.1, -0.05) is 36.4 Å². The van der Waals surface area contributed by atoms with Crippen LogP contribution in [0.1, 0.15) is 68.7 Å². The van der Waals surface area contributed by atoms with Crippen molar-refractivity contribution < 1.29 is 64.8 Å². The Balaban J connectivity index is 0.567. The Morgan fingerprint density at radius 2 is 1.47 bits per heavy atom. The minimum absolute atomic E-state index is 0.00359. The van der Waals surface area contributed by atoms with E-state index in [0.717, 1.165) is 71.1 Å². The highest BCUT2D eigenvalue weighted by molar-refractivity contribution is 7.83. The monoisotopic (exact) mass is 1270 g/mol. The zero-order chi connectivity index (χ0) is 63.8. The Kier molecular flexibility index (Phi) is 17.8. The first-order chi connectivity index (χ1) is 44.6. The summed E-state index contributed by atoms with van der Waals surface area (Å²) in [5.41, 5.74) is 5.01. The van der Waals surface area contributed by atoms with E-state index in [1.165, 1.54) is 17.8 Å². The first-order valence-electron chi connectivity index (χ1n) is 30.9. The molecule has 6 aromatic carbocycles. The van der Waals surface area contributed by atoms with Gasteiger partial charge in [-0.2, -0.15) is 0 Å². The number of aromatic nitrogens is 2. The number of ether oxygens (including phenoxy) is 3. The lowest BCUT2D eigenvalue weighted by Gasteiger charge is -2.39. The summed E-state index contributed by atoms with van der Waals surface area (Å²) in [7, 11) is -1.89. The van der Waals surface area contributed by atoms with E-state index >= 15 is 17.7 Å². The number of rotatable bonds is 23. The molecule has 0 bridgehead atoms. The van der Waals surface area contributed by atoms with Crippen molar-refractivity contribution in [1.29, 1.82) is 0 Å². The number of carboxylic acids is 1. The number of aliphatic imine (C=N–C) groups is 1. The quantitative estimate of drug-likeness (QED) is 0.0155. The maximum absolute atomic E-state index is 17.5. The largest absolute Gasteiger partial charge is 0.545 e. The Morgan fingerprint density at radius 3 is 2.22 bits per heavy atom. The second-order valence-electron chi connectivity index (χ2n) is 23.8. The van der Waals surface area contributed by atoms with Gasteiger partial charge in [0.2, 0.25) is 17.8 Å². The summed E-state index contributed by atoms with van der Waals surface area (Å²) in [5, 5.41) is 16.2. The van der Waals surface area contributed by atoms with Crippen LogP contribution in [-0.4, -0.2) is 160 Å². The van der Waals surface area contributed by atoms with E-state index in [1.54, 1.807) is 64.1 Å². The predicted octanol–water partition coefficient (Wildman–Crippen LogP) is 8.96. The SMILES string of the molecule is CN1CCN(c2ccc3nc(-c4ccc5c(c4)CC(c4ccc(OCCCC(=O)NCCOCCOCCCC(=O)c6c(F)c(F)c(C(=O)[O-])c(C7=C8C=CC(=[N+]9CC(F)C9)C=C8P(=O)(c8ccccc8)c8cc(N9CC(F)C9)ccc87)c6F)cc4)=N5)[nH]c3c2)CC1. The van der Waals surface area contributed by atoms with Crippen LogP contribution in [0.3, 0.4) is 0 Å². The second-order valence-corrected chi connectivity index (χ2v) is 26.5. The molecule has 3 saturated heterocycles. The normalized spacial score (nSPS) is 18.7. The van der Waals surface area contributed by atoms with E-state index in [1.807, 2.05) is 30.3 Å². The van der Waals surface area contributed by atoms with Gasteiger partial charge in [0.1, 0.15) is 23.6 Å². The highest BCUT2D eigenvalue weighted by atomic mass is 31.2. The van der Waals surface area contributed by atoms with E-state index in [-0.39, 0.29) is 105 Å². The molecule has 7 aromatic rings. The summed E-state index contributed by atoms with van der Waals surface area (Å²) in [4.78, 5) is 59.1. The standard InChI is InChI=1S/C70H66F5N8O8P/c1-80-24-26-81(27-25-80)47-16-22-55-57(35-47)79-69(78-55)43-13-21-54-44(33-43)34-56(77-54)42-11-17-50(18-12-42)91-29-6-10-61(85)76-23-30-90-32-31-89-28-5-9-58(84)63-66(73)64(65(70(86)87)68(75)67(63)74)62-52-19-14-48(82-38-45(71)39-82)36-59(52)92(88,51-7-3-2-4-8-51)60-37-49(15-20-53(60)62)83-40-46(72)41-83/h2-4,7-8,11-22,33,35-37,45-46H,5-6,9-10,23-32,34,38-41H2,1H3,(H2-,76,78,79,85,86,87). The van der Waals surface area contributed by atoms with Gasteiger partial charge in [-0.25, -0.2) is 31.5 Å². The number of imidazole rings is 1. The summed E-state index contributed by atoms with van der Waals surface area (Å²) in [6, 6.07) is 33.3. The summed E-state index contributed by atoms with van der Waals surface area (Å²) < 4.78 is 113.